The van der Waals surface area contributed by atoms with Crippen LogP contribution in [0.25, 0.3) is 5.69 Å². The van der Waals surface area contributed by atoms with Gasteiger partial charge in [-0.25, -0.2) is 9.37 Å². The first-order valence-corrected chi connectivity index (χ1v) is 3.82. The lowest BCUT2D eigenvalue weighted by Crippen LogP contribution is -1.99. The second kappa shape index (κ2) is 2.90. The lowest BCUT2D eigenvalue weighted by atomic mass is 10.3. The van der Waals surface area contributed by atoms with E-state index in [-0.39, 0.29) is 5.82 Å². The zero-order valence-corrected chi connectivity index (χ0v) is 6.81. The topological polar surface area (TPSA) is 43.8 Å². The summed E-state index contributed by atoms with van der Waals surface area (Å²) >= 11 is 0. The Bertz CT molecular complexity index is 422. The predicted octanol–water partition coefficient (Wildman–Crippen LogP) is 1.59. The minimum atomic E-state index is -0.286. The van der Waals surface area contributed by atoms with Crippen LogP contribution in [0.5, 0.6) is 0 Å². The van der Waals surface area contributed by atoms with Crippen molar-refractivity contribution < 1.29 is 4.39 Å². The molecule has 13 heavy (non-hydrogen) atoms. The maximum atomic E-state index is 12.8. The van der Waals surface area contributed by atoms with E-state index >= 15 is 0 Å². The van der Waals surface area contributed by atoms with E-state index in [1.165, 1.54) is 12.1 Å². The third-order valence-corrected chi connectivity index (χ3v) is 1.76. The number of nitrogens with two attached hydrogens (primary N) is 1. The molecule has 2 aromatic rings. The van der Waals surface area contributed by atoms with Crippen LogP contribution in [0.4, 0.5) is 10.3 Å². The van der Waals surface area contributed by atoms with Crippen molar-refractivity contribution in [1.82, 2.24) is 9.55 Å². The molecule has 0 spiro atoms. The van der Waals surface area contributed by atoms with Crippen molar-refractivity contribution in [2.24, 2.45) is 0 Å². The van der Waals surface area contributed by atoms with Gasteiger partial charge in [-0.15, -0.1) is 0 Å². The SMILES string of the molecule is Nc1nccn1-c1cccc(F)c1. The number of aromatic nitrogens is 2. The van der Waals surface area contributed by atoms with Gasteiger partial charge in [0, 0.05) is 12.4 Å². The molecule has 3 nitrogen and oxygen atoms in total. The summed E-state index contributed by atoms with van der Waals surface area (Å²) in [5.74, 6) is 0.0659. The van der Waals surface area contributed by atoms with Crippen LogP contribution in [-0.4, -0.2) is 9.55 Å². The number of imidazole rings is 1. The van der Waals surface area contributed by atoms with Gasteiger partial charge in [-0.2, -0.15) is 0 Å². The standard InChI is InChI=1S/C9H8FN3/c10-7-2-1-3-8(6-7)13-5-4-12-9(13)11/h1-6H,(H2,11,12). The Balaban J connectivity index is 2.53. The van der Waals surface area contributed by atoms with E-state index in [1.807, 2.05) is 0 Å². The molecular formula is C9H8FN3. The third-order valence-electron chi connectivity index (χ3n) is 1.76. The molecule has 66 valence electrons. The molecule has 0 aliphatic heterocycles. The van der Waals surface area contributed by atoms with E-state index in [0.717, 1.165) is 0 Å². The Morgan fingerprint density at radius 3 is 2.85 bits per heavy atom. The predicted molar refractivity (Wildman–Crippen MR) is 47.9 cm³/mol. The Morgan fingerprint density at radius 1 is 1.38 bits per heavy atom. The van der Waals surface area contributed by atoms with Gasteiger partial charge in [0.2, 0.25) is 5.95 Å². The average molecular weight is 177 g/mol. The van der Waals surface area contributed by atoms with E-state index in [0.29, 0.717) is 11.6 Å². The Kier molecular flexibility index (Phi) is 1.73. The summed E-state index contributed by atoms with van der Waals surface area (Å²) in [6.07, 6.45) is 3.25. The van der Waals surface area contributed by atoms with E-state index in [2.05, 4.69) is 4.98 Å². The van der Waals surface area contributed by atoms with Crippen molar-refractivity contribution in [2.75, 3.05) is 5.73 Å². The second-order valence-electron chi connectivity index (χ2n) is 2.64. The second-order valence-corrected chi connectivity index (χ2v) is 2.64. The molecule has 4 heteroatoms. The van der Waals surface area contributed by atoms with Crippen LogP contribution in [0, 0.1) is 5.82 Å². The quantitative estimate of drug-likeness (QED) is 0.718. The van der Waals surface area contributed by atoms with Gasteiger partial charge in [0.05, 0.1) is 5.69 Å². The molecule has 0 amide bonds. The van der Waals surface area contributed by atoms with Crippen LogP contribution in [0.1, 0.15) is 0 Å². The number of hydrogen-bond donors (Lipinski definition) is 1. The van der Waals surface area contributed by atoms with E-state index in [9.17, 15) is 4.39 Å². The lowest BCUT2D eigenvalue weighted by Gasteiger charge is -2.03. The molecule has 0 fully saturated rings. The highest BCUT2D eigenvalue weighted by Crippen LogP contribution is 2.12. The maximum Gasteiger partial charge on any atom is 0.204 e. The molecule has 0 saturated heterocycles. The molecule has 0 saturated carbocycles. The minimum Gasteiger partial charge on any atom is -0.369 e. The van der Waals surface area contributed by atoms with Crippen molar-refractivity contribution in [3.05, 3.63) is 42.5 Å². The monoisotopic (exact) mass is 177 g/mol. The summed E-state index contributed by atoms with van der Waals surface area (Å²) in [7, 11) is 0. The fourth-order valence-corrected chi connectivity index (χ4v) is 1.16. The average Bonchev–Trinajstić information content (AvgIpc) is 2.51. The van der Waals surface area contributed by atoms with Crippen LogP contribution in [0.15, 0.2) is 36.7 Å². The Labute approximate surface area is 74.6 Å². The molecule has 0 unspecified atom stereocenters. The van der Waals surface area contributed by atoms with Gasteiger partial charge in [-0.1, -0.05) is 6.07 Å². The number of rotatable bonds is 1. The van der Waals surface area contributed by atoms with Crippen LogP contribution < -0.4 is 5.73 Å². The van der Waals surface area contributed by atoms with Crippen molar-refractivity contribution >= 4 is 5.95 Å². The number of nitrogen functional groups attached to an aromatic ring is 1. The molecule has 0 radical (unpaired) electrons. The van der Waals surface area contributed by atoms with Gasteiger partial charge in [0.1, 0.15) is 5.82 Å². The largest absolute Gasteiger partial charge is 0.369 e. The number of hydrogen-bond acceptors (Lipinski definition) is 2. The summed E-state index contributed by atoms with van der Waals surface area (Å²) in [6, 6.07) is 6.18. The third kappa shape index (κ3) is 1.38. The smallest absolute Gasteiger partial charge is 0.204 e. The molecule has 1 aromatic carbocycles. The Hall–Kier alpha value is -1.84. The van der Waals surface area contributed by atoms with Gasteiger partial charge >= 0.3 is 0 Å². The molecular weight excluding hydrogens is 169 g/mol. The summed E-state index contributed by atoms with van der Waals surface area (Å²) in [5.41, 5.74) is 6.23. The molecule has 0 atom stereocenters. The van der Waals surface area contributed by atoms with Crippen molar-refractivity contribution in [2.45, 2.75) is 0 Å². The molecule has 0 bridgehead atoms. The van der Waals surface area contributed by atoms with Crippen molar-refractivity contribution in [3.8, 4) is 5.69 Å². The number of anilines is 1. The molecule has 2 rings (SSSR count). The van der Waals surface area contributed by atoms with Gasteiger partial charge in [-0.3, -0.25) is 4.57 Å². The fourth-order valence-electron chi connectivity index (χ4n) is 1.16. The van der Waals surface area contributed by atoms with Crippen molar-refractivity contribution in [1.29, 1.82) is 0 Å². The van der Waals surface area contributed by atoms with Crippen LogP contribution in [0.3, 0.4) is 0 Å². The zero-order chi connectivity index (χ0) is 9.26. The molecule has 2 N–H and O–H groups in total. The van der Waals surface area contributed by atoms with Gasteiger partial charge in [0.15, 0.2) is 0 Å². The van der Waals surface area contributed by atoms with Gasteiger partial charge in [0.25, 0.3) is 0 Å². The zero-order valence-electron chi connectivity index (χ0n) is 6.81. The van der Waals surface area contributed by atoms with Gasteiger partial charge < -0.3 is 5.73 Å². The highest BCUT2D eigenvalue weighted by molar-refractivity contribution is 5.39. The molecule has 1 aromatic heterocycles. The number of benzene rings is 1. The minimum absolute atomic E-state index is 0.286. The van der Waals surface area contributed by atoms with Crippen LogP contribution >= 0.6 is 0 Å². The normalized spacial score (nSPS) is 10.2. The first kappa shape index (κ1) is 7.79. The first-order valence-electron chi connectivity index (χ1n) is 3.82. The maximum absolute atomic E-state index is 12.8. The highest BCUT2D eigenvalue weighted by Gasteiger charge is 2.00. The van der Waals surface area contributed by atoms with Crippen LogP contribution in [0.2, 0.25) is 0 Å². The molecule has 1 heterocycles. The number of halogens is 1. The molecule has 0 aliphatic rings. The van der Waals surface area contributed by atoms with Crippen molar-refractivity contribution in [3.63, 3.8) is 0 Å². The highest BCUT2D eigenvalue weighted by atomic mass is 19.1. The van der Waals surface area contributed by atoms with E-state index < -0.39 is 0 Å². The summed E-state index contributed by atoms with van der Waals surface area (Å²) in [5, 5.41) is 0. The van der Waals surface area contributed by atoms with Crippen LogP contribution in [-0.2, 0) is 0 Å². The number of nitrogens with zero attached hydrogens (tertiary/aromatic N) is 2. The fraction of sp³-hybridized carbons (Fsp3) is 0. The van der Waals surface area contributed by atoms with Gasteiger partial charge in [-0.05, 0) is 18.2 Å². The first-order chi connectivity index (χ1) is 6.27. The lowest BCUT2D eigenvalue weighted by molar-refractivity contribution is 0.626. The summed E-state index contributed by atoms with van der Waals surface area (Å²) in [4.78, 5) is 3.84. The summed E-state index contributed by atoms with van der Waals surface area (Å²) < 4.78 is 14.4. The summed E-state index contributed by atoms with van der Waals surface area (Å²) in [6.45, 7) is 0. The van der Waals surface area contributed by atoms with E-state index in [1.54, 1.807) is 29.1 Å². The molecule has 0 aliphatic carbocycles. The Morgan fingerprint density at radius 2 is 2.23 bits per heavy atom. The van der Waals surface area contributed by atoms with E-state index in [4.69, 9.17) is 5.73 Å².